The van der Waals surface area contributed by atoms with Gasteiger partial charge in [-0.15, -0.1) is 0 Å². The molecule has 0 amide bonds. The molecule has 2 aliphatic carbocycles. The Labute approximate surface area is 110 Å². The van der Waals surface area contributed by atoms with Gasteiger partial charge in [0.25, 0.3) is 5.70 Å². The van der Waals surface area contributed by atoms with Gasteiger partial charge in [0.1, 0.15) is 0 Å². The smallest absolute Gasteiger partial charge is 0.266 e. The van der Waals surface area contributed by atoms with E-state index in [0.29, 0.717) is 0 Å². The van der Waals surface area contributed by atoms with Gasteiger partial charge in [0.15, 0.2) is 0 Å². The number of allylic oxidation sites excluding steroid dienone is 5. The lowest BCUT2D eigenvalue weighted by molar-refractivity contribution is -0.419. The van der Waals surface area contributed by atoms with E-state index in [2.05, 4.69) is 0 Å². The van der Waals surface area contributed by atoms with Gasteiger partial charge >= 0.3 is 0 Å². The Morgan fingerprint density at radius 2 is 2.11 bits per heavy atom. The van der Waals surface area contributed by atoms with Crippen molar-refractivity contribution in [2.45, 2.75) is 26.2 Å². The van der Waals surface area contributed by atoms with Crippen molar-refractivity contribution in [2.75, 3.05) is 0 Å². The van der Waals surface area contributed by atoms with Gasteiger partial charge < -0.3 is 0 Å². The minimum atomic E-state index is -0.619. The summed E-state index contributed by atoms with van der Waals surface area (Å²) in [5, 5.41) is 10.4. The van der Waals surface area contributed by atoms with E-state index in [-0.39, 0.29) is 16.9 Å². The third kappa shape index (κ3) is 2.12. The van der Waals surface area contributed by atoms with Crippen molar-refractivity contribution in [3.8, 4) is 0 Å². The molecule has 0 spiro atoms. The quantitative estimate of drug-likeness (QED) is 0.448. The SMILES string of the molecule is CC1C=C([N+](=O)[O-])C=CC(C2(C(=O)Cl)CCC2)=C1. The zero-order valence-corrected chi connectivity index (χ0v) is 10.8. The van der Waals surface area contributed by atoms with Gasteiger partial charge in [0, 0.05) is 12.2 Å². The van der Waals surface area contributed by atoms with Gasteiger partial charge in [-0.25, -0.2) is 0 Å². The third-order valence-electron chi connectivity index (χ3n) is 3.66. The standard InChI is InChI=1S/C13H14ClNO3/c1-9-7-10(3-4-11(8-9)15(17)18)13(12(14)16)5-2-6-13/h3-4,7-9H,2,5-6H2,1H3. The summed E-state index contributed by atoms with van der Waals surface area (Å²) >= 11 is 5.71. The molecule has 1 atom stereocenters. The average molecular weight is 268 g/mol. The molecule has 0 heterocycles. The van der Waals surface area contributed by atoms with Crippen LogP contribution in [0.4, 0.5) is 0 Å². The molecule has 4 nitrogen and oxygen atoms in total. The second-order valence-corrected chi connectivity index (χ2v) is 5.22. The fourth-order valence-electron chi connectivity index (χ4n) is 2.46. The van der Waals surface area contributed by atoms with E-state index in [4.69, 9.17) is 11.6 Å². The van der Waals surface area contributed by atoms with Gasteiger partial charge in [-0.2, -0.15) is 0 Å². The molecule has 0 aromatic heterocycles. The summed E-state index contributed by atoms with van der Waals surface area (Å²) in [6.45, 7) is 1.86. The number of nitro groups is 1. The van der Waals surface area contributed by atoms with Gasteiger partial charge in [0.05, 0.1) is 10.3 Å². The van der Waals surface area contributed by atoms with Crippen molar-refractivity contribution >= 4 is 16.8 Å². The normalized spacial score (nSPS) is 25.6. The molecule has 18 heavy (non-hydrogen) atoms. The van der Waals surface area contributed by atoms with Crippen molar-refractivity contribution in [3.63, 3.8) is 0 Å². The predicted molar refractivity (Wildman–Crippen MR) is 68.6 cm³/mol. The van der Waals surface area contributed by atoms with Gasteiger partial charge in [-0.05, 0) is 35.9 Å². The van der Waals surface area contributed by atoms with Gasteiger partial charge in [0.2, 0.25) is 5.24 Å². The molecule has 0 aliphatic heterocycles. The molecule has 1 fully saturated rings. The highest BCUT2D eigenvalue weighted by atomic mass is 35.5. The second kappa shape index (κ2) is 4.69. The highest BCUT2D eigenvalue weighted by Crippen LogP contribution is 2.50. The Morgan fingerprint density at radius 1 is 1.44 bits per heavy atom. The second-order valence-electron chi connectivity index (χ2n) is 4.87. The van der Waals surface area contributed by atoms with Crippen LogP contribution in [0.5, 0.6) is 0 Å². The Kier molecular flexibility index (Phi) is 3.39. The summed E-state index contributed by atoms with van der Waals surface area (Å²) in [7, 11) is 0. The molecule has 1 saturated carbocycles. The van der Waals surface area contributed by atoms with E-state index < -0.39 is 10.3 Å². The Balaban J connectivity index is 2.34. The van der Waals surface area contributed by atoms with Gasteiger partial charge in [-0.1, -0.05) is 25.5 Å². The van der Waals surface area contributed by atoms with Crippen LogP contribution < -0.4 is 0 Å². The first-order valence-electron chi connectivity index (χ1n) is 5.92. The van der Waals surface area contributed by atoms with E-state index >= 15 is 0 Å². The van der Waals surface area contributed by atoms with E-state index in [0.717, 1.165) is 24.8 Å². The van der Waals surface area contributed by atoms with Crippen molar-refractivity contribution < 1.29 is 9.72 Å². The van der Waals surface area contributed by atoms with Crippen LogP contribution in [0.15, 0.2) is 35.6 Å². The largest absolute Gasteiger partial charge is 0.280 e. The fourth-order valence-corrected chi connectivity index (χ4v) is 2.75. The summed E-state index contributed by atoms with van der Waals surface area (Å²) in [4.78, 5) is 22.0. The van der Waals surface area contributed by atoms with Crippen LogP contribution in [0.1, 0.15) is 26.2 Å². The van der Waals surface area contributed by atoms with E-state index in [9.17, 15) is 14.9 Å². The first-order chi connectivity index (χ1) is 8.45. The maximum absolute atomic E-state index is 11.6. The molecule has 0 aromatic rings. The first kappa shape index (κ1) is 13.0. The lowest BCUT2D eigenvalue weighted by atomic mass is 9.64. The van der Waals surface area contributed by atoms with Crippen molar-refractivity contribution in [1.82, 2.24) is 0 Å². The number of carbonyl (C=O) groups excluding carboxylic acids is 1. The van der Waals surface area contributed by atoms with Gasteiger partial charge in [-0.3, -0.25) is 14.9 Å². The Bertz CT molecular complexity index is 486. The average Bonchev–Trinajstić information content (AvgIpc) is 2.38. The lowest BCUT2D eigenvalue weighted by Gasteiger charge is -2.39. The molecule has 0 N–H and O–H groups in total. The fraction of sp³-hybridized carbons (Fsp3) is 0.462. The molecule has 0 saturated heterocycles. The summed E-state index contributed by atoms with van der Waals surface area (Å²) in [6.07, 6.45) is 9.01. The maximum atomic E-state index is 11.6. The van der Waals surface area contributed by atoms with Crippen LogP contribution in [-0.4, -0.2) is 10.2 Å². The summed E-state index contributed by atoms with van der Waals surface area (Å²) in [6, 6.07) is 0. The molecule has 5 heteroatoms. The topological polar surface area (TPSA) is 60.2 Å². The number of hydrogen-bond acceptors (Lipinski definition) is 3. The van der Waals surface area contributed by atoms with Crippen LogP contribution in [0.25, 0.3) is 0 Å². The Hall–Kier alpha value is -1.42. The van der Waals surface area contributed by atoms with Crippen LogP contribution in [0, 0.1) is 21.4 Å². The van der Waals surface area contributed by atoms with Crippen molar-refractivity contribution in [2.24, 2.45) is 11.3 Å². The summed E-state index contributed by atoms with van der Waals surface area (Å²) < 4.78 is 0. The number of nitrogens with zero attached hydrogens (tertiary/aromatic N) is 1. The molecule has 1 unspecified atom stereocenters. The van der Waals surface area contributed by atoms with Crippen LogP contribution >= 0.6 is 11.6 Å². The zero-order valence-electron chi connectivity index (χ0n) is 10.1. The number of carbonyl (C=O) groups is 1. The Morgan fingerprint density at radius 3 is 2.56 bits per heavy atom. The molecule has 2 rings (SSSR count). The molecule has 0 bridgehead atoms. The summed E-state index contributed by atoms with van der Waals surface area (Å²) in [5.41, 5.74) is 0.256. The maximum Gasteiger partial charge on any atom is 0.266 e. The monoisotopic (exact) mass is 267 g/mol. The van der Waals surface area contributed by atoms with Crippen molar-refractivity contribution in [3.05, 3.63) is 45.7 Å². The van der Waals surface area contributed by atoms with Crippen molar-refractivity contribution in [1.29, 1.82) is 0 Å². The molecule has 96 valence electrons. The van der Waals surface area contributed by atoms with E-state index in [1.165, 1.54) is 6.08 Å². The number of rotatable bonds is 3. The van der Waals surface area contributed by atoms with Crippen LogP contribution in [0.2, 0.25) is 0 Å². The molecular formula is C13H14ClNO3. The van der Waals surface area contributed by atoms with E-state index in [1.807, 2.05) is 13.0 Å². The lowest BCUT2D eigenvalue weighted by Crippen LogP contribution is -2.37. The highest BCUT2D eigenvalue weighted by Gasteiger charge is 2.45. The van der Waals surface area contributed by atoms with E-state index in [1.54, 1.807) is 12.2 Å². The first-order valence-corrected chi connectivity index (χ1v) is 6.30. The minimum Gasteiger partial charge on any atom is -0.280 e. The zero-order chi connectivity index (χ0) is 13.3. The predicted octanol–water partition coefficient (Wildman–Crippen LogP) is 3.22. The number of halogens is 1. The molecule has 2 aliphatic rings. The van der Waals surface area contributed by atoms with Crippen LogP contribution in [0.3, 0.4) is 0 Å². The third-order valence-corrected chi connectivity index (χ3v) is 4.02. The minimum absolute atomic E-state index is 0.0604. The molecule has 0 radical (unpaired) electrons. The molecule has 0 aromatic carbocycles. The highest BCUT2D eigenvalue weighted by molar-refractivity contribution is 6.65. The van der Waals surface area contributed by atoms with Crippen LogP contribution in [-0.2, 0) is 4.79 Å². The number of hydrogen-bond donors (Lipinski definition) is 0. The molecular weight excluding hydrogens is 254 g/mol. The summed E-state index contributed by atoms with van der Waals surface area (Å²) in [5.74, 6) is -0.0797.